The van der Waals surface area contributed by atoms with Crippen LogP contribution in [-0.4, -0.2) is 10.2 Å². The Labute approximate surface area is 116 Å². The molecule has 0 aliphatic carbocycles. The molecule has 0 radical (unpaired) electrons. The van der Waals surface area contributed by atoms with E-state index in [1.165, 1.54) is 12.1 Å². The molecule has 0 aliphatic rings. The average molecular weight is 267 g/mol. The summed E-state index contributed by atoms with van der Waals surface area (Å²) in [6.45, 7) is 0.532. The van der Waals surface area contributed by atoms with Crippen molar-refractivity contribution in [3.05, 3.63) is 66.0 Å². The van der Waals surface area contributed by atoms with Gasteiger partial charge in [0.2, 0.25) is 0 Å². The lowest BCUT2D eigenvalue weighted by atomic mass is 10.1. The molecule has 100 valence electrons. The van der Waals surface area contributed by atoms with Gasteiger partial charge in [-0.3, -0.25) is 5.10 Å². The molecule has 3 nitrogen and oxygen atoms in total. The first kappa shape index (κ1) is 12.6. The summed E-state index contributed by atoms with van der Waals surface area (Å²) in [5.74, 6) is -0.248. The third kappa shape index (κ3) is 2.46. The lowest BCUT2D eigenvalue weighted by Crippen LogP contribution is -1.95. The van der Waals surface area contributed by atoms with E-state index in [9.17, 15) is 4.39 Å². The number of hydrogen-bond acceptors (Lipinski definition) is 2. The maximum atomic E-state index is 12.9. The highest BCUT2D eigenvalue weighted by Crippen LogP contribution is 2.24. The highest BCUT2D eigenvalue weighted by molar-refractivity contribution is 5.68. The predicted molar refractivity (Wildman–Crippen MR) is 77.3 cm³/mol. The van der Waals surface area contributed by atoms with Gasteiger partial charge in [0.1, 0.15) is 5.82 Å². The van der Waals surface area contributed by atoms with E-state index in [0.29, 0.717) is 6.54 Å². The van der Waals surface area contributed by atoms with Gasteiger partial charge >= 0.3 is 0 Å². The summed E-state index contributed by atoms with van der Waals surface area (Å²) in [6.07, 6.45) is 0. The first-order valence-electron chi connectivity index (χ1n) is 6.37. The molecule has 0 saturated heterocycles. The molecule has 2 aromatic carbocycles. The maximum Gasteiger partial charge on any atom is 0.123 e. The maximum absolute atomic E-state index is 12.9. The van der Waals surface area contributed by atoms with Crippen LogP contribution in [0.3, 0.4) is 0 Å². The predicted octanol–water partition coefficient (Wildman–Crippen LogP) is 3.34. The Morgan fingerprint density at radius 1 is 0.950 bits per heavy atom. The number of aromatic amines is 1. The van der Waals surface area contributed by atoms with Crippen LogP contribution in [0.5, 0.6) is 0 Å². The summed E-state index contributed by atoms with van der Waals surface area (Å²) in [4.78, 5) is 0. The largest absolute Gasteiger partial charge is 0.326 e. The van der Waals surface area contributed by atoms with E-state index in [1.807, 2.05) is 30.3 Å². The van der Waals surface area contributed by atoms with Gasteiger partial charge in [-0.2, -0.15) is 5.10 Å². The van der Waals surface area contributed by atoms with Crippen LogP contribution in [0.2, 0.25) is 0 Å². The van der Waals surface area contributed by atoms with E-state index >= 15 is 0 Å². The molecular formula is C16H14FN3. The summed E-state index contributed by atoms with van der Waals surface area (Å²) >= 11 is 0. The molecule has 0 bridgehead atoms. The number of benzene rings is 2. The molecule has 1 heterocycles. The fraction of sp³-hybridized carbons (Fsp3) is 0.0625. The standard InChI is InChI=1S/C16H14FN3/c17-14-7-5-13(6-8-14)16-9-15(19-20-16)12-3-1-11(10-18)2-4-12/h1-9H,10,18H2,(H,19,20). The Bertz CT molecular complexity index is 699. The van der Waals surface area contributed by atoms with Crippen molar-refractivity contribution in [3.63, 3.8) is 0 Å². The molecule has 4 heteroatoms. The Morgan fingerprint density at radius 2 is 1.60 bits per heavy atom. The SMILES string of the molecule is NCc1ccc(-c2cc(-c3ccc(F)cc3)n[nH]2)cc1. The Hall–Kier alpha value is -2.46. The number of halogens is 1. The third-order valence-corrected chi connectivity index (χ3v) is 3.22. The molecule has 20 heavy (non-hydrogen) atoms. The van der Waals surface area contributed by atoms with Gasteiger partial charge in [-0.25, -0.2) is 4.39 Å². The van der Waals surface area contributed by atoms with Crippen molar-refractivity contribution in [3.8, 4) is 22.5 Å². The topological polar surface area (TPSA) is 54.7 Å². The van der Waals surface area contributed by atoms with Gasteiger partial charge in [0.05, 0.1) is 11.4 Å². The molecule has 0 fully saturated rings. The number of nitrogens with two attached hydrogens (primary N) is 1. The number of aromatic nitrogens is 2. The number of nitrogens with one attached hydrogen (secondary N) is 1. The summed E-state index contributed by atoms with van der Waals surface area (Å²) in [7, 11) is 0. The average Bonchev–Trinajstić information content (AvgIpc) is 2.98. The van der Waals surface area contributed by atoms with Gasteiger partial charge in [0, 0.05) is 12.1 Å². The van der Waals surface area contributed by atoms with Gasteiger partial charge < -0.3 is 5.73 Å². The molecule has 0 aliphatic heterocycles. The van der Waals surface area contributed by atoms with Crippen LogP contribution in [0.15, 0.2) is 54.6 Å². The molecule has 1 aromatic heterocycles. The van der Waals surface area contributed by atoms with Gasteiger partial charge in [0.15, 0.2) is 0 Å². The van der Waals surface area contributed by atoms with Crippen molar-refractivity contribution in [2.24, 2.45) is 5.73 Å². The van der Waals surface area contributed by atoms with E-state index in [0.717, 1.165) is 28.1 Å². The van der Waals surface area contributed by atoms with Crippen molar-refractivity contribution in [2.45, 2.75) is 6.54 Å². The first-order chi connectivity index (χ1) is 9.76. The second kappa shape index (κ2) is 5.27. The lowest BCUT2D eigenvalue weighted by Gasteiger charge is -1.99. The van der Waals surface area contributed by atoms with Crippen molar-refractivity contribution < 1.29 is 4.39 Å². The van der Waals surface area contributed by atoms with Crippen molar-refractivity contribution in [1.82, 2.24) is 10.2 Å². The van der Waals surface area contributed by atoms with Crippen LogP contribution in [0, 0.1) is 5.82 Å². The van der Waals surface area contributed by atoms with Crippen molar-refractivity contribution in [1.29, 1.82) is 0 Å². The number of H-pyrrole nitrogens is 1. The fourth-order valence-electron chi connectivity index (χ4n) is 2.06. The second-order valence-corrected chi connectivity index (χ2v) is 4.57. The zero-order valence-electron chi connectivity index (χ0n) is 10.8. The lowest BCUT2D eigenvalue weighted by molar-refractivity contribution is 0.628. The molecule has 0 amide bonds. The zero-order chi connectivity index (χ0) is 13.9. The quantitative estimate of drug-likeness (QED) is 0.764. The molecular weight excluding hydrogens is 253 g/mol. The van der Waals surface area contributed by atoms with E-state index in [1.54, 1.807) is 12.1 Å². The molecule has 0 unspecified atom stereocenters. The number of nitrogens with zero attached hydrogens (tertiary/aromatic N) is 1. The third-order valence-electron chi connectivity index (χ3n) is 3.22. The van der Waals surface area contributed by atoms with Gasteiger partial charge in [-0.1, -0.05) is 24.3 Å². The minimum Gasteiger partial charge on any atom is -0.326 e. The summed E-state index contributed by atoms with van der Waals surface area (Å²) in [5.41, 5.74) is 10.3. The summed E-state index contributed by atoms with van der Waals surface area (Å²) in [5, 5.41) is 7.26. The zero-order valence-corrected chi connectivity index (χ0v) is 10.8. The van der Waals surface area contributed by atoms with Crippen LogP contribution in [0.25, 0.3) is 22.5 Å². The Balaban J connectivity index is 1.91. The molecule has 3 rings (SSSR count). The first-order valence-corrected chi connectivity index (χ1v) is 6.37. The van der Waals surface area contributed by atoms with Gasteiger partial charge in [-0.15, -0.1) is 0 Å². The van der Waals surface area contributed by atoms with Crippen LogP contribution in [0.1, 0.15) is 5.56 Å². The highest BCUT2D eigenvalue weighted by Gasteiger charge is 2.06. The van der Waals surface area contributed by atoms with Crippen LogP contribution >= 0.6 is 0 Å². The van der Waals surface area contributed by atoms with E-state index in [4.69, 9.17) is 5.73 Å². The highest BCUT2D eigenvalue weighted by atomic mass is 19.1. The molecule has 0 atom stereocenters. The monoisotopic (exact) mass is 267 g/mol. The Kier molecular flexibility index (Phi) is 3.31. The number of rotatable bonds is 3. The summed E-state index contributed by atoms with van der Waals surface area (Å²) in [6, 6.07) is 16.2. The van der Waals surface area contributed by atoms with Crippen molar-refractivity contribution in [2.75, 3.05) is 0 Å². The molecule has 3 N–H and O–H groups in total. The van der Waals surface area contributed by atoms with Gasteiger partial charge in [-0.05, 0) is 41.5 Å². The molecule has 0 spiro atoms. The number of hydrogen-bond donors (Lipinski definition) is 2. The minimum atomic E-state index is -0.248. The van der Waals surface area contributed by atoms with Crippen molar-refractivity contribution >= 4 is 0 Å². The van der Waals surface area contributed by atoms with Gasteiger partial charge in [0.25, 0.3) is 0 Å². The summed E-state index contributed by atoms with van der Waals surface area (Å²) < 4.78 is 12.9. The minimum absolute atomic E-state index is 0.248. The molecule has 0 saturated carbocycles. The van der Waals surface area contributed by atoms with E-state index in [2.05, 4.69) is 10.2 Å². The van der Waals surface area contributed by atoms with E-state index in [-0.39, 0.29) is 5.82 Å². The molecule has 3 aromatic rings. The van der Waals surface area contributed by atoms with E-state index < -0.39 is 0 Å². The van der Waals surface area contributed by atoms with Crippen LogP contribution in [-0.2, 0) is 6.54 Å². The Morgan fingerprint density at radius 3 is 2.25 bits per heavy atom. The fourth-order valence-corrected chi connectivity index (χ4v) is 2.06. The smallest absolute Gasteiger partial charge is 0.123 e. The second-order valence-electron chi connectivity index (χ2n) is 4.57. The van der Waals surface area contributed by atoms with Crippen LogP contribution in [0.4, 0.5) is 4.39 Å². The van der Waals surface area contributed by atoms with Crippen LogP contribution < -0.4 is 5.73 Å². The normalized spacial score (nSPS) is 10.7.